The number of amides is 1. The summed E-state index contributed by atoms with van der Waals surface area (Å²) in [5, 5.41) is 3.27. The molecule has 3 rings (SSSR count). The molecule has 5 nitrogen and oxygen atoms in total. The zero-order valence-electron chi connectivity index (χ0n) is 13.3. The highest BCUT2D eigenvalue weighted by Gasteiger charge is 2.13. The number of carbonyl (C=O) groups excluding carboxylic acids is 2. The van der Waals surface area contributed by atoms with Crippen molar-refractivity contribution in [2.75, 3.05) is 7.05 Å². The number of aromatic amines is 1. The van der Waals surface area contributed by atoms with E-state index in [2.05, 4.69) is 16.9 Å². The number of thiazole rings is 1. The fraction of sp³-hybridized carbons (Fsp3) is 0.0556. The van der Waals surface area contributed by atoms with Gasteiger partial charge in [-0.15, -0.1) is 11.3 Å². The monoisotopic (exact) mass is 370 g/mol. The first kappa shape index (κ1) is 17.1. The maximum absolute atomic E-state index is 11.9. The van der Waals surface area contributed by atoms with Gasteiger partial charge in [-0.05, 0) is 30.4 Å². The highest BCUT2D eigenvalue weighted by molar-refractivity contribution is 7.73. The van der Waals surface area contributed by atoms with E-state index in [0.717, 1.165) is 9.88 Å². The normalized spacial score (nSPS) is 11.5. The molecule has 7 heteroatoms. The van der Waals surface area contributed by atoms with E-state index in [9.17, 15) is 9.59 Å². The van der Waals surface area contributed by atoms with E-state index in [1.807, 2.05) is 18.2 Å². The molecule has 0 aliphatic heterocycles. The van der Waals surface area contributed by atoms with Crippen molar-refractivity contribution in [3.63, 3.8) is 0 Å². The standard InChI is InChI=1S/C18H14N2O3S2/c1-10-16(25-18(24)20-10)8-13-5-6-15(23-13)11-3-4-12(9-21)14(7-11)17(22)19-2/h3-9H,1H2,2H3,(H,19,22)(H,20,24)/b16-8+. The average Bonchev–Trinajstić information content (AvgIpc) is 3.20. The quantitative estimate of drug-likeness (QED) is 0.547. The van der Waals surface area contributed by atoms with Crippen molar-refractivity contribution < 1.29 is 14.0 Å². The second-order valence-electron chi connectivity index (χ2n) is 5.20. The molecule has 0 saturated carbocycles. The Morgan fingerprint density at radius 1 is 1.36 bits per heavy atom. The van der Waals surface area contributed by atoms with Gasteiger partial charge in [0.1, 0.15) is 11.5 Å². The van der Waals surface area contributed by atoms with Crippen LogP contribution in [0.4, 0.5) is 0 Å². The molecule has 0 bridgehead atoms. The van der Waals surface area contributed by atoms with Crippen molar-refractivity contribution >= 4 is 48.4 Å². The maximum atomic E-state index is 11.9. The molecule has 0 unspecified atom stereocenters. The summed E-state index contributed by atoms with van der Waals surface area (Å²) in [5.74, 6) is 0.917. The van der Waals surface area contributed by atoms with E-state index < -0.39 is 0 Å². The van der Waals surface area contributed by atoms with Crippen molar-refractivity contribution in [1.82, 2.24) is 10.3 Å². The van der Waals surface area contributed by atoms with E-state index >= 15 is 0 Å². The Labute approximate surface area is 152 Å². The zero-order valence-corrected chi connectivity index (χ0v) is 14.9. The minimum Gasteiger partial charge on any atom is -0.457 e. The van der Waals surface area contributed by atoms with Gasteiger partial charge in [-0.3, -0.25) is 9.59 Å². The molecule has 2 N–H and O–H groups in total. The largest absolute Gasteiger partial charge is 0.457 e. The molecule has 0 spiro atoms. The maximum Gasteiger partial charge on any atom is 0.251 e. The minimum absolute atomic E-state index is 0.306. The molecule has 0 aliphatic rings. The second kappa shape index (κ2) is 7.00. The number of carbonyl (C=O) groups is 2. The fourth-order valence-corrected chi connectivity index (χ4v) is 3.46. The summed E-state index contributed by atoms with van der Waals surface area (Å²) in [6.45, 7) is 3.90. The first-order valence-corrected chi connectivity index (χ1v) is 8.55. The lowest BCUT2D eigenvalue weighted by molar-refractivity contribution is 0.0957. The molecule has 1 amide bonds. The van der Waals surface area contributed by atoms with Crippen LogP contribution in [0.15, 0.2) is 34.7 Å². The summed E-state index contributed by atoms with van der Waals surface area (Å²) in [4.78, 5) is 26.0. The predicted octanol–water partition coefficient (Wildman–Crippen LogP) is 2.48. The van der Waals surface area contributed by atoms with Gasteiger partial charge in [-0.25, -0.2) is 0 Å². The third kappa shape index (κ3) is 3.52. The van der Waals surface area contributed by atoms with Gasteiger partial charge in [-0.2, -0.15) is 0 Å². The topological polar surface area (TPSA) is 75.1 Å². The summed E-state index contributed by atoms with van der Waals surface area (Å²) in [6, 6.07) is 8.61. The molecular weight excluding hydrogens is 356 g/mol. The second-order valence-corrected chi connectivity index (χ2v) is 6.92. The predicted molar refractivity (Wildman–Crippen MR) is 101 cm³/mol. The third-order valence-corrected chi connectivity index (χ3v) is 4.81. The van der Waals surface area contributed by atoms with Crippen molar-refractivity contribution in [2.45, 2.75) is 0 Å². The number of aldehydes is 1. The van der Waals surface area contributed by atoms with E-state index in [-0.39, 0.29) is 5.91 Å². The molecule has 0 fully saturated rings. The molecule has 0 saturated heterocycles. The zero-order chi connectivity index (χ0) is 18.0. The van der Waals surface area contributed by atoms with Gasteiger partial charge in [0.15, 0.2) is 10.2 Å². The van der Waals surface area contributed by atoms with E-state index in [0.29, 0.717) is 38.5 Å². The number of H-pyrrole nitrogens is 1. The van der Waals surface area contributed by atoms with Crippen molar-refractivity contribution in [3.8, 4) is 11.3 Å². The molecule has 2 aromatic heterocycles. The summed E-state index contributed by atoms with van der Waals surface area (Å²) < 4.78 is 7.39. The average molecular weight is 370 g/mol. The fourth-order valence-electron chi connectivity index (χ4n) is 2.35. The van der Waals surface area contributed by atoms with E-state index in [4.69, 9.17) is 16.6 Å². The molecule has 126 valence electrons. The van der Waals surface area contributed by atoms with Crippen LogP contribution in [0.5, 0.6) is 0 Å². The van der Waals surface area contributed by atoms with Crippen LogP contribution in [-0.4, -0.2) is 24.2 Å². The molecule has 2 heterocycles. The van der Waals surface area contributed by atoms with Gasteiger partial charge in [0.25, 0.3) is 5.91 Å². The number of rotatable bonds is 4. The van der Waals surface area contributed by atoms with Crippen LogP contribution in [0.25, 0.3) is 24.0 Å². The lowest BCUT2D eigenvalue weighted by Crippen LogP contribution is -2.19. The molecule has 25 heavy (non-hydrogen) atoms. The van der Waals surface area contributed by atoms with Crippen LogP contribution >= 0.6 is 23.6 Å². The third-order valence-electron chi connectivity index (χ3n) is 3.59. The molecule has 0 radical (unpaired) electrons. The van der Waals surface area contributed by atoms with Crippen molar-refractivity contribution in [2.24, 2.45) is 0 Å². The van der Waals surface area contributed by atoms with Crippen LogP contribution in [-0.2, 0) is 0 Å². The van der Waals surface area contributed by atoms with E-state index in [1.54, 1.807) is 18.2 Å². The first-order valence-electron chi connectivity index (χ1n) is 7.33. The highest BCUT2D eigenvalue weighted by atomic mass is 32.1. The van der Waals surface area contributed by atoms with Crippen LogP contribution in [0.1, 0.15) is 26.5 Å². The van der Waals surface area contributed by atoms with Gasteiger partial charge in [0.05, 0.1) is 15.4 Å². The van der Waals surface area contributed by atoms with Gasteiger partial charge >= 0.3 is 0 Å². The van der Waals surface area contributed by atoms with Crippen LogP contribution in [0, 0.1) is 3.95 Å². The van der Waals surface area contributed by atoms with Crippen molar-refractivity contribution in [3.05, 3.63) is 61.1 Å². The Morgan fingerprint density at radius 3 is 2.80 bits per heavy atom. The smallest absolute Gasteiger partial charge is 0.251 e. The van der Waals surface area contributed by atoms with Gasteiger partial charge in [-0.1, -0.05) is 18.7 Å². The minimum atomic E-state index is -0.323. The summed E-state index contributed by atoms with van der Waals surface area (Å²) in [5.41, 5.74) is 1.34. The number of hydrogen-bond donors (Lipinski definition) is 2. The van der Waals surface area contributed by atoms with Gasteiger partial charge in [0.2, 0.25) is 0 Å². The number of hydrogen-bond acceptors (Lipinski definition) is 5. The SMILES string of the molecule is C=c1[nH]c(=S)s/c1=C/c1ccc(-c2ccc(C=O)c(C(=O)NC)c2)o1. The summed E-state index contributed by atoms with van der Waals surface area (Å²) >= 11 is 6.52. The number of benzene rings is 1. The van der Waals surface area contributed by atoms with E-state index in [1.165, 1.54) is 18.4 Å². The molecule has 3 aromatic rings. The first-order chi connectivity index (χ1) is 12.0. The van der Waals surface area contributed by atoms with Crippen molar-refractivity contribution in [1.29, 1.82) is 0 Å². The van der Waals surface area contributed by atoms with Crippen LogP contribution in [0.3, 0.4) is 0 Å². The van der Waals surface area contributed by atoms with Crippen LogP contribution in [0.2, 0.25) is 0 Å². The van der Waals surface area contributed by atoms with Gasteiger partial charge < -0.3 is 14.7 Å². The Morgan fingerprint density at radius 2 is 2.16 bits per heavy atom. The summed E-state index contributed by atoms with van der Waals surface area (Å²) in [6.07, 6.45) is 2.51. The molecule has 0 atom stereocenters. The number of aromatic nitrogens is 1. The lowest BCUT2D eigenvalue weighted by atomic mass is 10.0. The van der Waals surface area contributed by atoms with Gasteiger partial charge in [0, 0.05) is 24.3 Å². The number of furan rings is 1. The Hall–Kier alpha value is -2.77. The van der Waals surface area contributed by atoms with Crippen LogP contribution < -0.4 is 15.2 Å². The molecule has 1 aromatic carbocycles. The Balaban J connectivity index is 2.03. The Kier molecular flexibility index (Phi) is 4.78. The Bertz CT molecular complexity index is 1120. The highest BCUT2D eigenvalue weighted by Crippen LogP contribution is 2.25. The molecule has 0 aliphatic carbocycles. The molecular formula is C18H14N2O3S2. The summed E-state index contributed by atoms with van der Waals surface area (Å²) in [7, 11) is 1.52. The number of nitrogens with one attached hydrogen (secondary N) is 2. The lowest BCUT2D eigenvalue weighted by Gasteiger charge is -2.05.